The monoisotopic (exact) mass is 339 g/mol. The van der Waals surface area contributed by atoms with Crippen LogP contribution in [0.2, 0.25) is 0 Å². The number of rotatable bonds is 8. The van der Waals surface area contributed by atoms with Gasteiger partial charge in [-0.3, -0.25) is 4.79 Å². The Kier molecular flexibility index (Phi) is 8.99. The van der Waals surface area contributed by atoms with Crippen molar-refractivity contribution in [3.8, 4) is 0 Å². The first-order chi connectivity index (χ1) is 11.3. The van der Waals surface area contributed by atoms with Gasteiger partial charge in [0.05, 0.1) is 5.60 Å². The fraction of sp³-hybridized carbons (Fsp3) is 0.850. The highest BCUT2D eigenvalue weighted by Crippen LogP contribution is 2.37. The highest BCUT2D eigenvalue weighted by atomic mass is 16.5. The molecule has 0 saturated carbocycles. The van der Waals surface area contributed by atoms with E-state index in [0.717, 1.165) is 38.5 Å². The zero-order valence-electron chi connectivity index (χ0n) is 16.0. The van der Waals surface area contributed by atoms with Crippen LogP contribution in [0, 0.1) is 11.8 Å². The third kappa shape index (κ3) is 6.94. The third-order valence-corrected chi connectivity index (χ3v) is 5.24. The molecule has 0 spiro atoms. The van der Waals surface area contributed by atoms with Crippen molar-refractivity contribution in [3.63, 3.8) is 0 Å². The van der Waals surface area contributed by atoms with Crippen LogP contribution < -0.4 is 5.73 Å². The summed E-state index contributed by atoms with van der Waals surface area (Å²) in [7, 11) is 0. The summed E-state index contributed by atoms with van der Waals surface area (Å²) in [5.41, 5.74) is 6.09. The summed E-state index contributed by atoms with van der Waals surface area (Å²) < 4.78 is 5.84. The van der Waals surface area contributed by atoms with Crippen molar-refractivity contribution < 1.29 is 14.6 Å². The first kappa shape index (κ1) is 21.2. The van der Waals surface area contributed by atoms with E-state index in [-0.39, 0.29) is 23.9 Å². The maximum Gasteiger partial charge on any atom is 0.306 e. The molecule has 0 aromatic rings. The van der Waals surface area contributed by atoms with Crippen molar-refractivity contribution in [3.05, 3.63) is 11.6 Å². The first-order valence-corrected chi connectivity index (χ1v) is 9.58. The predicted octanol–water partition coefficient (Wildman–Crippen LogP) is 3.96. The van der Waals surface area contributed by atoms with Crippen LogP contribution in [0.1, 0.15) is 79.1 Å². The molecule has 24 heavy (non-hydrogen) atoms. The molecular weight excluding hydrogens is 302 g/mol. The zero-order valence-corrected chi connectivity index (χ0v) is 16.0. The molecule has 3 unspecified atom stereocenters. The van der Waals surface area contributed by atoms with Crippen LogP contribution in [0.5, 0.6) is 0 Å². The maximum absolute atomic E-state index is 12.1. The minimum Gasteiger partial charge on any atom is -0.462 e. The molecule has 0 saturated heterocycles. The minimum atomic E-state index is -0.698. The largest absolute Gasteiger partial charge is 0.462 e. The van der Waals surface area contributed by atoms with Crippen molar-refractivity contribution in [2.75, 3.05) is 6.54 Å². The highest BCUT2D eigenvalue weighted by Gasteiger charge is 2.34. The third-order valence-electron chi connectivity index (χ3n) is 5.24. The Morgan fingerprint density at radius 3 is 2.79 bits per heavy atom. The van der Waals surface area contributed by atoms with Gasteiger partial charge in [-0.1, -0.05) is 25.0 Å². The number of esters is 1. The Bertz CT molecular complexity index is 412. The van der Waals surface area contributed by atoms with E-state index in [1.807, 2.05) is 13.8 Å². The molecule has 1 rings (SSSR count). The van der Waals surface area contributed by atoms with Crippen LogP contribution in [0.25, 0.3) is 0 Å². The average molecular weight is 340 g/mol. The second kappa shape index (κ2) is 10.2. The summed E-state index contributed by atoms with van der Waals surface area (Å²) in [5.74, 6) is 0.283. The lowest BCUT2D eigenvalue weighted by Gasteiger charge is -2.37. The van der Waals surface area contributed by atoms with Gasteiger partial charge in [-0.2, -0.15) is 0 Å². The van der Waals surface area contributed by atoms with Gasteiger partial charge in [0.25, 0.3) is 0 Å². The number of carbonyl (C=O) groups is 1. The fourth-order valence-corrected chi connectivity index (χ4v) is 3.64. The van der Waals surface area contributed by atoms with Crippen molar-refractivity contribution >= 4 is 5.97 Å². The minimum absolute atomic E-state index is 0.0977. The van der Waals surface area contributed by atoms with Crippen molar-refractivity contribution in [2.24, 2.45) is 17.6 Å². The molecule has 140 valence electrons. The number of aliphatic hydroxyl groups is 1. The predicted molar refractivity (Wildman–Crippen MR) is 98.6 cm³/mol. The molecule has 0 aromatic carbocycles. The van der Waals surface area contributed by atoms with Crippen LogP contribution in [0.15, 0.2) is 11.6 Å². The van der Waals surface area contributed by atoms with Gasteiger partial charge in [-0.25, -0.2) is 0 Å². The smallest absolute Gasteiger partial charge is 0.306 e. The van der Waals surface area contributed by atoms with E-state index in [1.165, 1.54) is 5.57 Å². The number of ether oxygens (including phenoxy) is 1. The summed E-state index contributed by atoms with van der Waals surface area (Å²) in [6.45, 7) is 8.58. The van der Waals surface area contributed by atoms with Gasteiger partial charge >= 0.3 is 5.97 Å². The van der Waals surface area contributed by atoms with Crippen molar-refractivity contribution in [1.82, 2.24) is 0 Å². The molecule has 1 aliphatic carbocycles. The summed E-state index contributed by atoms with van der Waals surface area (Å²) in [5, 5.41) is 10.5. The molecule has 0 fully saturated rings. The Hall–Kier alpha value is -0.870. The highest BCUT2D eigenvalue weighted by molar-refractivity contribution is 5.69. The van der Waals surface area contributed by atoms with E-state index in [4.69, 9.17) is 10.5 Å². The SMILES string of the molecule is CCCC(OC(=O)CCCN)C1CC(C(C)(C)O)CCCC=C1C. The van der Waals surface area contributed by atoms with Gasteiger partial charge in [0.2, 0.25) is 0 Å². The lowest BCUT2D eigenvalue weighted by atomic mass is 9.74. The van der Waals surface area contributed by atoms with E-state index in [1.54, 1.807) is 0 Å². The second-order valence-electron chi connectivity index (χ2n) is 7.78. The van der Waals surface area contributed by atoms with E-state index < -0.39 is 5.60 Å². The normalized spacial score (nSPS) is 23.8. The molecule has 1 aliphatic rings. The Labute approximate surface area is 147 Å². The van der Waals surface area contributed by atoms with Crippen LogP contribution in [-0.4, -0.2) is 29.3 Å². The average Bonchev–Trinajstić information content (AvgIpc) is 2.48. The number of allylic oxidation sites excluding steroid dienone is 1. The van der Waals surface area contributed by atoms with Gasteiger partial charge < -0.3 is 15.6 Å². The number of hydrogen-bond donors (Lipinski definition) is 2. The topological polar surface area (TPSA) is 72.5 Å². The molecule has 4 nitrogen and oxygen atoms in total. The van der Waals surface area contributed by atoms with Crippen LogP contribution in [-0.2, 0) is 9.53 Å². The number of nitrogens with two attached hydrogens (primary N) is 1. The van der Waals surface area contributed by atoms with E-state index in [9.17, 15) is 9.90 Å². The molecule has 0 bridgehead atoms. The second-order valence-corrected chi connectivity index (χ2v) is 7.78. The van der Waals surface area contributed by atoms with Gasteiger partial charge in [0.15, 0.2) is 0 Å². The van der Waals surface area contributed by atoms with E-state index >= 15 is 0 Å². The summed E-state index contributed by atoms with van der Waals surface area (Å²) in [4.78, 5) is 12.1. The van der Waals surface area contributed by atoms with Crippen LogP contribution in [0.4, 0.5) is 0 Å². The van der Waals surface area contributed by atoms with Gasteiger partial charge in [0.1, 0.15) is 6.10 Å². The zero-order chi connectivity index (χ0) is 18.2. The van der Waals surface area contributed by atoms with Gasteiger partial charge in [-0.15, -0.1) is 0 Å². The molecule has 4 heteroatoms. The summed E-state index contributed by atoms with van der Waals surface area (Å²) in [6, 6.07) is 0. The fourth-order valence-electron chi connectivity index (χ4n) is 3.64. The Balaban J connectivity index is 2.92. The molecule has 3 N–H and O–H groups in total. The van der Waals surface area contributed by atoms with Crippen LogP contribution >= 0.6 is 0 Å². The number of hydrogen-bond acceptors (Lipinski definition) is 4. The van der Waals surface area contributed by atoms with Crippen molar-refractivity contribution in [2.45, 2.75) is 90.8 Å². The maximum atomic E-state index is 12.1. The Morgan fingerprint density at radius 1 is 1.50 bits per heavy atom. The van der Waals surface area contributed by atoms with Crippen LogP contribution in [0.3, 0.4) is 0 Å². The van der Waals surface area contributed by atoms with E-state index in [2.05, 4.69) is 19.9 Å². The standard InChI is InChI=1S/C20H37NO3/c1-5-9-18(24-19(22)12-8-13-21)17-14-16(20(3,4)23)11-7-6-10-15(17)2/h10,16-18,23H,5-9,11-14,21H2,1-4H3. The molecule has 0 amide bonds. The molecule has 0 radical (unpaired) electrons. The Morgan fingerprint density at radius 2 is 2.21 bits per heavy atom. The number of carbonyl (C=O) groups excluding carboxylic acids is 1. The molecule has 0 aromatic heterocycles. The van der Waals surface area contributed by atoms with E-state index in [0.29, 0.717) is 19.4 Å². The molecule has 0 heterocycles. The van der Waals surface area contributed by atoms with Gasteiger partial charge in [0, 0.05) is 12.3 Å². The summed E-state index contributed by atoms with van der Waals surface area (Å²) in [6.07, 6.45) is 9.13. The first-order valence-electron chi connectivity index (χ1n) is 9.58. The molecular formula is C20H37NO3. The van der Waals surface area contributed by atoms with Gasteiger partial charge in [-0.05, 0) is 71.8 Å². The summed E-state index contributed by atoms with van der Waals surface area (Å²) >= 11 is 0. The quantitative estimate of drug-likeness (QED) is 0.518. The molecule has 0 aliphatic heterocycles. The molecule has 3 atom stereocenters. The van der Waals surface area contributed by atoms with Crippen molar-refractivity contribution in [1.29, 1.82) is 0 Å². The lowest BCUT2D eigenvalue weighted by Crippen LogP contribution is -2.37. The lowest BCUT2D eigenvalue weighted by molar-refractivity contribution is -0.152.